The minimum Gasteiger partial charge on any atom is -0.445 e. The molecule has 1 aromatic carbocycles. The monoisotopic (exact) mass is 380 g/mol. The van der Waals surface area contributed by atoms with Gasteiger partial charge in [-0.15, -0.1) is 6.42 Å². The standard InChI is InChI=1S/C24H28O4/c1-5-24(28-16(3)26)13-11-22-21-8-6-17-14-18(27-15(2)25)7-9-19(17)20(21)10-12-23(22,24)4/h1,7,9,14,20-22H,6,8,10-13H2,2-4H3/t20-,21-,22+,23-,24+/m1/s1. The van der Waals surface area contributed by atoms with E-state index in [1.165, 1.54) is 25.0 Å². The number of ether oxygens (including phenoxy) is 2. The number of aryl methyl sites for hydroxylation is 1. The maximum Gasteiger partial charge on any atom is 0.308 e. The molecule has 2 fully saturated rings. The minimum absolute atomic E-state index is 0.163. The number of terminal acetylenes is 1. The molecule has 0 unspecified atom stereocenters. The lowest BCUT2D eigenvalue weighted by Crippen LogP contribution is -2.52. The zero-order valence-electron chi connectivity index (χ0n) is 16.9. The molecular weight excluding hydrogens is 352 g/mol. The molecule has 0 bridgehead atoms. The summed E-state index contributed by atoms with van der Waals surface area (Å²) in [5, 5.41) is 0. The van der Waals surface area contributed by atoms with Gasteiger partial charge in [0.15, 0.2) is 5.60 Å². The quantitative estimate of drug-likeness (QED) is 0.433. The van der Waals surface area contributed by atoms with Gasteiger partial charge >= 0.3 is 11.9 Å². The highest BCUT2D eigenvalue weighted by atomic mass is 16.6. The summed E-state index contributed by atoms with van der Waals surface area (Å²) in [6.07, 6.45) is 11.8. The van der Waals surface area contributed by atoms with Crippen LogP contribution in [0.1, 0.15) is 69.9 Å². The first-order valence-corrected chi connectivity index (χ1v) is 10.3. The van der Waals surface area contributed by atoms with E-state index in [1.807, 2.05) is 12.1 Å². The molecule has 2 saturated carbocycles. The molecule has 148 valence electrons. The largest absolute Gasteiger partial charge is 0.445 e. The summed E-state index contributed by atoms with van der Waals surface area (Å²) < 4.78 is 11.1. The number of esters is 2. The van der Waals surface area contributed by atoms with E-state index in [9.17, 15) is 9.59 Å². The van der Waals surface area contributed by atoms with Crippen molar-refractivity contribution in [2.45, 2.75) is 70.8 Å². The second kappa shape index (κ2) is 6.65. The first-order valence-electron chi connectivity index (χ1n) is 10.3. The highest BCUT2D eigenvalue weighted by molar-refractivity contribution is 5.69. The molecule has 0 N–H and O–H groups in total. The third-order valence-electron chi connectivity index (χ3n) is 7.63. The van der Waals surface area contributed by atoms with Gasteiger partial charge in [0, 0.05) is 19.3 Å². The van der Waals surface area contributed by atoms with Gasteiger partial charge in [0.05, 0.1) is 0 Å². The molecule has 0 amide bonds. The molecular formula is C24H28O4. The number of carbonyl (C=O) groups is 2. The van der Waals surface area contributed by atoms with E-state index >= 15 is 0 Å². The van der Waals surface area contributed by atoms with Crippen LogP contribution in [0, 0.1) is 29.6 Å². The summed E-state index contributed by atoms with van der Waals surface area (Å²) in [4.78, 5) is 23.0. The number of carbonyl (C=O) groups excluding carboxylic acids is 2. The molecule has 0 aliphatic heterocycles. The summed E-state index contributed by atoms with van der Waals surface area (Å²) in [6, 6.07) is 6.08. The Morgan fingerprint density at radius 2 is 1.93 bits per heavy atom. The predicted octanol–water partition coefficient (Wildman–Crippen LogP) is 4.40. The van der Waals surface area contributed by atoms with E-state index in [0.717, 1.165) is 38.5 Å². The second-order valence-corrected chi connectivity index (χ2v) is 8.93. The molecule has 4 heteroatoms. The summed E-state index contributed by atoms with van der Waals surface area (Å²) in [7, 11) is 0. The Bertz CT molecular complexity index is 866. The highest BCUT2D eigenvalue weighted by Crippen LogP contribution is 2.65. The van der Waals surface area contributed by atoms with Crippen molar-refractivity contribution in [3.63, 3.8) is 0 Å². The summed E-state index contributed by atoms with van der Waals surface area (Å²) in [5.74, 6) is 4.47. The molecule has 3 aliphatic rings. The SMILES string of the molecule is C#C[C@]1(OC(C)=O)CC[C@H]2[C@@H]3CCc4cc(OC(C)=O)ccc4[C@H]3CC[C@]21C. The second-order valence-electron chi connectivity index (χ2n) is 8.93. The van der Waals surface area contributed by atoms with Gasteiger partial charge in [-0.2, -0.15) is 0 Å². The molecule has 0 aromatic heterocycles. The van der Waals surface area contributed by atoms with Crippen LogP contribution in [0.4, 0.5) is 0 Å². The molecule has 1 aromatic rings. The minimum atomic E-state index is -0.770. The Balaban J connectivity index is 1.64. The van der Waals surface area contributed by atoms with E-state index in [0.29, 0.717) is 23.5 Å². The van der Waals surface area contributed by atoms with Gasteiger partial charge in [-0.1, -0.05) is 18.9 Å². The van der Waals surface area contributed by atoms with Crippen molar-refractivity contribution in [2.75, 3.05) is 0 Å². The van der Waals surface area contributed by atoms with E-state index in [1.54, 1.807) is 0 Å². The summed E-state index contributed by atoms with van der Waals surface area (Å²) in [6.45, 7) is 5.13. The van der Waals surface area contributed by atoms with E-state index in [4.69, 9.17) is 15.9 Å². The van der Waals surface area contributed by atoms with Crippen LogP contribution in [0.5, 0.6) is 5.75 Å². The first-order chi connectivity index (χ1) is 13.3. The lowest BCUT2D eigenvalue weighted by Gasteiger charge is -2.52. The fraction of sp³-hybridized carbons (Fsp3) is 0.583. The van der Waals surface area contributed by atoms with Crippen molar-refractivity contribution < 1.29 is 19.1 Å². The zero-order chi connectivity index (χ0) is 20.1. The van der Waals surface area contributed by atoms with Crippen LogP contribution in [-0.2, 0) is 20.7 Å². The van der Waals surface area contributed by atoms with E-state index < -0.39 is 5.60 Å². The number of fused-ring (bicyclic) bond motifs is 5. The smallest absolute Gasteiger partial charge is 0.308 e. The highest BCUT2D eigenvalue weighted by Gasteiger charge is 2.63. The number of rotatable bonds is 2. The maximum atomic E-state index is 11.8. The Morgan fingerprint density at radius 1 is 1.14 bits per heavy atom. The fourth-order valence-electron chi connectivity index (χ4n) is 6.47. The van der Waals surface area contributed by atoms with Crippen LogP contribution in [0.25, 0.3) is 0 Å². The maximum absolute atomic E-state index is 11.8. The molecule has 0 heterocycles. The molecule has 3 aliphatic carbocycles. The average molecular weight is 380 g/mol. The van der Waals surface area contributed by atoms with Gasteiger partial charge in [-0.05, 0) is 79.5 Å². The Labute approximate surface area is 167 Å². The topological polar surface area (TPSA) is 52.6 Å². The first kappa shape index (κ1) is 19.1. The number of hydrogen-bond donors (Lipinski definition) is 0. The third kappa shape index (κ3) is 2.75. The van der Waals surface area contributed by atoms with Crippen molar-refractivity contribution in [1.82, 2.24) is 0 Å². The third-order valence-corrected chi connectivity index (χ3v) is 7.63. The molecule has 0 radical (unpaired) electrons. The van der Waals surface area contributed by atoms with Gasteiger partial charge in [-0.25, -0.2) is 0 Å². The molecule has 0 spiro atoms. The van der Waals surface area contributed by atoms with Crippen LogP contribution in [0.3, 0.4) is 0 Å². The Hall–Kier alpha value is -2.28. The number of hydrogen-bond acceptors (Lipinski definition) is 4. The van der Waals surface area contributed by atoms with Gasteiger partial charge in [0.1, 0.15) is 5.75 Å². The zero-order valence-corrected chi connectivity index (χ0v) is 16.9. The van der Waals surface area contributed by atoms with Crippen LogP contribution in [0.15, 0.2) is 18.2 Å². The van der Waals surface area contributed by atoms with Gasteiger partial charge in [0.25, 0.3) is 0 Å². The predicted molar refractivity (Wildman–Crippen MR) is 106 cm³/mol. The van der Waals surface area contributed by atoms with Crippen molar-refractivity contribution >= 4 is 11.9 Å². The fourth-order valence-corrected chi connectivity index (χ4v) is 6.47. The van der Waals surface area contributed by atoms with Gasteiger partial charge in [0.2, 0.25) is 0 Å². The van der Waals surface area contributed by atoms with Crippen LogP contribution in [-0.4, -0.2) is 17.5 Å². The molecule has 4 nitrogen and oxygen atoms in total. The van der Waals surface area contributed by atoms with Gasteiger partial charge < -0.3 is 9.47 Å². The summed E-state index contributed by atoms with van der Waals surface area (Å²) >= 11 is 0. The van der Waals surface area contributed by atoms with E-state index in [2.05, 4.69) is 18.9 Å². The summed E-state index contributed by atoms with van der Waals surface area (Å²) in [5.41, 5.74) is 1.75. The van der Waals surface area contributed by atoms with Gasteiger partial charge in [-0.3, -0.25) is 9.59 Å². The van der Waals surface area contributed by atoms with Crippen LogP contribution >= 0.6 is 0 Å². The van der Waals surface area contributed by atoms with Crippen molar-refractivity contribution in [1.29, 1.82) is 0 Å². The van der Waals surface area contributed by atoms with Crippen molar-refractivity contribution in [3.8, 4) is 18.1 Å². The molecule has 0 saturated heterocycles. The van der Waals surface area contributed by atoms with E-state index in [-0.39, 0.29) is 17.4 Å². The molecule has 5 atom stereocenters. The lowest BCUT2D eigenvalue weighted by atomic mass is 9.53. The lowest BCUT2D eigenvalue weighted by molar-refractivity contribution is -0.165. The normalized spacial score (nSPS) is 35.7. The van der Waals surface area contributed by atoms with Crippen molar-refractivity contribution in [3.05, 3.63) is 29.3 Å². The van der Waals surface area contributed by atoms with Crippen LogP contribution in [0.2, 0.25) is 0 Å². The molecule has 4 rings (SSSR count). The van der Waals surface area contributed by atoms with Crippen molar-refractivity contribution in [2.24, 2.45) is 17.3 Å². The Kier molecular flexibility index (Phi) is 4.53. The van der Waals surface area contributed by atoms with Crippen LogP contribution < -0.4 is 4.74 Å². The molecule has 28 heavy (non-hydrogen) atoms. The Morgan fingerprint density at radius 3 is 2.61 bits per heavy atom. The number of benzene rings is 1. The average Bonchev–Trinajstić information content (AvgIpc) is 2.93.